The zero-order valence-electron chi connectivity index (χ0n) is 10.6. The van der Waals surface area contributed by atoms with E-state index in [4.69, 9.17) is 0 Å². The lowest BCUT2D eigenvalue weighted by Crippen LogP contribution is -2.32. The molecule has 1 fully saturated rings. The second-order valence-corrected chi connectivity index (χ2v) is 5.25. The molecule has 1 aliphatic carbocycles. The van der Waals surface area contributed by atoms with E-state index in [1.165, 1.54) is 36.9 Å². The molecule has 0 radical (unpaired) electrons. The molecule has 2 rings (SSSR count). The van der Waals surface area contributed by atoms with E-state index in [2.05, 4.69) is 36.3 Å². The average Bonchev–Trinajstić information content (AvgIpc) is 2.59. The fraction of sp³-hybridized carbons (Fsp3) is 0.769. The van der Waals surface area contributed by atoms with E-state index >= 15 is 0 Å². The van der Waals surface area contributed by atoms with Gasteiger partial charge in [0.15, 0.2) is 0 Å². The molecule has 16 heavy (non-hydrogen) atoms. The van der Waals surface area contributed by atoms with Crippen LogP contribution in [0.25, 0.3) is 0 Å². The molecular formula is C13H23N3. The predicted octanol–water partition coefficient (Wildman–Crippen LogP) is 2.69. The van der Waals surface area contributed by atoms with Crippen LogP contribution in [0.1, 0.15) is 49.6 Å². The second kappa shape index (κ2) is 5.00. The number of rotatable bonds is 3. The highest BCUT2D eigenvalue weighted by molar-refractivity contribution is 5.22. The summed E-state index contributed by atoms with van der Waals surface area (Å²) in [5.74, 6) is 0.926. The summed E-state index contributed by atoms with van der Waals surface area (Å²) < 4.78 is 0. The number of aryl methyl sites for hydroxylation is 2. The van der Waals surface area contributed by atoms with Crippen LogP contribution >= 0.6 is 0 Å². The minimum absolute atomic E-state index is 0.713. The Bertz CT molecular complexity index is 315. The van der Waals surface area contributed by atoms with Crippen molar-refractivity contribution in [2.75, 3.05) is 0 Å². The van der Waals surface area contributed by atoms with Gasteiger partial charge in [-0.1, -0.05) is 6.92 Å². The number of aromatic nitrogens is 2. The summed E-state index contributed by atoms with van der Waals surface area (Å²) in [7, 11) is 0. The Morgan fingerprint density at radius 1 is 1.25 bits per heavy atom. The Morgan fingerprint density at radius 3 is 2.50 bits per heavy atom. The van der Waals surface area contributed by atoms with Crippen LogP contribution in [0.15, 0.2) is 0 Å². The van der Waals surface area contributed by atoms with Crippen LogP contribution < -0.4 is 5.32 Å². The van der Waals surface area contributed by atoms with Gasteiger partial charge in [0.05, 0.1) is 5.69 Å². The molecule has 1 saturated carbocycles. The lowest BCUT2D eigenvalue weighted by atomic mass is 9.87. The molecule has 1 aromatic heterocycles. The Kier molecular flexibility index (Phi) is 3.64. The third-order valence-electron chi connectivity index (χ3n) is 3.86. The lowest BCUT2D eigenvalue weighted by molar-refractivity contribution is 0.306. The molecular weight excluding hydrogens is 198 g/mol. The van der Waals surface area contributed by atoms with E-state index in [0.29, 0.717) is 6.04 Å². The smallest absolute Gasteiger partial charge is 0.0638 e. The van der Waals surface area contributed by atoms with Gasteiger partial charge in [-0.25, -0.2) is 0 Å². The van der Waals surface area contributed by atoms with Gasteiger partial charge in [-0.05, 0) is 45.4 Å². The zero-order valence-corrected chi connectivity index (χ0v) is 10.6. The average molecular weight is 221 g/mol. The summed E-state index contributed by atoms with van der Waals surface area (Å²) in [4.78, 5) is 0. The molecule has 0 bridgehead atoms. The first kappa shape index (κ1) is 11.6. The summed E-state index contributed by atoms with van der Waals surface area (Å²) in [6.07, 6.45) is 5.41. The van der Waals surface area contributed by atoms with E-state index in [0.717, 1.165) is 18.2 Å². The van der Waals surface area contributed by atoms with Gasteiger partial charge in [-0.3, -0.25) is 5.10 Å². The highest BCUT2D eigenvalue weighted by atomic mass is 15.1. The Balaban J connectivity index is 1.83. The largest absolute Gasteiger partial charge is 0.310 e. The SMILES string of the molecule is Cc1n[nH]c(C)c1CNC1CCC(C)CC1. The molecule has 0 unspecified atom stereocenters. The van der Waals surface area contributed by atoms with Crippen LogP contribution in [0.5, 0.6) is 0 Å². The van der Waals surface area contributed by atoms with E-state index in [9.17, 15) is 0 Å². The molecule has 0 amide bonds. The number of hydrogen-bond donors (Lipinski definition) is 2. The maximum atomic E-state index is 4.23. The van der Waals surface area contributed by atoms with E-state index in [-0.39, 0.29) is 0 Å². The molecule has 90 valence electrons. The van der Waals surface area contributed by atoms with Crippen LogP contribution in [0.3, 0.4) is 0 Å². The van der Waals surface area contributed by atoms with Crippen molar-refractivity contribution < 1.29 is 0 Å². The molecule has 2 N–H and O–H groups in total. The summed E-state index contributed by atoms with van der Waals surface area (Å²) in [6.45, 7) is 7.50. The van der Waals surface area contributed by atoms with Crippen LogP contribution in [0.4, 0.5) is 0 Å². The van der Waals surface area contributed by atoms with Crippen LogP contribution in [0, 0.1) is 19.8 Å². The van der Waals surface area contributed by atoms with Crippen molar-refractivity contribution in [3.8, 4) is 0 Å². The van der Waals surface area contributed by atoms with Crippen molar-refractivity contribution in [1.82, 2.24) is 15.5 Å². The van der Waals surface area contributed by atoms with Crippen LogP contribution in [0.2, 0.25) is 0 Å². The first-order valence-electron chi connectivity index (χ1n) is 6.40. The molecule has 1 aromatic rings. The first-order valence-corrected chi connectivity index (χ1v) is 6.40. The molecule has 0 aliphatic heterocycles. The van der Waals surface area contributed by atoms with Gasteiger partial charge in [-0.15, -0.1) is 0 Å². The summed E-state index contributed by atoms with van der Waals surface area (Å²) in [6, 6.07) is 0.713. The van der Waals surface area contributed by atoms with E-state index in [1.807, 2.05) is 0 Å². The van der Waals surface area contributed by atoms with Gasteiger partial charge in [0.1, 0.15) is 0 Å². The van der Waals surface area contributed by atoms with Gasteiger partial charge in [0, 0.05) is 23.8 Å². The van der Waals surface area contributed by atoms with E-state index in [1.54, 1.807) is 0 Å². The monoisotopic (exact) mass is 221 g/mol. The molecule has 1 aliphatic rings. The van der Waals surface area contributed by atoms with Crippen molar-refractivity contribution in [3.63, 3.8) is 0 Å². The lowest BCUT2D eigenvalue weighted by Gasteiger charge is -2.27. The zero-order chi connectivity index (χ0) is 11.5. The third kappa shape index (κ3) is 2.64. The molecule has 3 nitrogen and oxygen atoms in total. The van der Waals surface area contributed by atoms with Crippen molar-refractivity contribution in [2.45, 2.75) is 59.0 Å². The fourth-order valence-corrected chi connectivity index (χ4v) is 2.55. The van der Waals surface area contributed by atoms with Crippen molar-refractivity contribution >= 4 is 0 Å². The molecule has 0 spiro atoms. The Morgan fingerprint density at radius 2 is 1.94 bits per heavy atom. The molecule has 0 atom stereocenters. The number of H-pyrrole nitrogens is 1. The highest BCUT2D eigenvalue weighted by Crippen LogP contribution is 2.23. The van der Waals surface area contributed by atoms with Crippen molar-refractivity contribution in [2.24, 2.45) is 5.92 Å². The fourth-order valence-electron chi connectivity index (χ4n) is 2.55. The number of nitrogens with zero attached hydrogens (tertiary/aromatic N) is 1. The van der Waals surface area contributed by atoms with Gasteiger partial charge in [0.2, 0.25) is 0 Å². The standard InChI is InChI=1S/C13H23N3/c1-9-4-6-12(7-5-9)14-8-13-10(2)15-16-11(13)3/h9,12,14H,4-8H2,1-3H3,(H,15,16). The van der Waals surface area contributed by atoms with Crippen molar-refractivity contribution in [1.29, 1.82) is 0 Å². The molecule has 3 heteroatoms. The number of aromatic amines is 1. The second-order valence-electron chi connectivity index (χ2n) is 5.25. The van der Waals surface area contributed by atoms with Crippen LogP contribution in [-0.2, 0) is 6.54 Å². The van der Waals surface area contributed by atoms with Gasteiger partial charge in [0.25, 0.3) is 0 Å². The number of hydrogen-bond acceptors (Lipinski definition) is 2. The van der Waals surface area contributed by atoms with Gasteiger partial charge < -0.3 is 5.32 Å². The minimum atomic E-state index is 0.713. The van der Waals surface area contributed by atoms with E-state index < -0.39 is 0 Å². The first-order chi connectivity index (χ1) is 7.66. The number of nitrogens with one attached hydrogen (secondary N) is 2. The normalized spacial score (nSPS) is 25.9. The minimum Gasteiger partial charge on any atom is -0.310 e. The summed E-state index contributed by atoms with van der Waals surface area (Å²) >= 11 is 0. The Labute approximate surface area is 98.0 Å². The maximum absolute atomic E-state index is 4.23. The summed E-state index contributed by atoms with van der Waals surface area (Å²) in [5.41, 5.74) is 3.68. The maximum Gasteiger partial charge on any atom is 0.0638 e. The predicted molar refractivity (Wildman–Crippen MR) is 66.3 cm³/mol. The summed E-state index contributed by atoms with van der Waals surface area (Å²) in [5, 5.41) is 10.9. The van der Waals surface area contributed by atoms with Crippen molar-refractivity contribution in [3.05, 3.63) is 17.0 Å². The molecule has 1 heterocycles. The van der Waals surface area contributed by atoms with Crippen LogP contribution in [-0.4, -0.2) is 16.2 Å². The quantitative estimate of drug-likeness (QED) is 0.824. The molecule has 0 aromatic carbocycles. The van der Waals surface area contributed by atoms with Gasteiger partial charge in [-0.2, -0.15) is 5.10 Å². The molecule has 0 saturated heterocycles. The Hall–Kier alpha value is -0.830. The van der Waals surface area contributed by atoms with Gasteiger partial charge >= 0.3 is 0 Å². The topological polar surface area (TPSA) is 40.7 Å². The highest BCUT2D eigenvalue weighted by Gasteiger charge is 2.18. The third-order valence-corrected chi connectivity index (χ3v) is 3.86.